The summed E-state index contributed by atoms with van der Waals surface area (Å²) in [6.45, 7) is 13.1. The molecule has 6 heteroatoms. The highest BCUT2D eigenvalue weighted by Crippen LogP contribution is 2.40. The maximum absolute atomic E-state index is 12.5. The summed E-state index contributed by atoms with van der Waals surface area (Å²) >= 11 is 0. The first kappa shape index (κ1) is 19.2. The van der Waals surface area contributed by atoms with E-state index in [4.69, 9.17) is 9.47 Å². The predicted octanol–water partition coefficient (Wildman–Crippen LogP) is 2.42. The normalized spacial score (nSPS) is 22.7. The minimum Gasteiger partial charge on any atom is -0.467 e. The summed E-state index contributed by atoms with van der Waals surface area (Å²) in [5.74, 6) is -0.617. The van der Waals surface area contributed by atoms with E-state index in [9.17, 15) is 14.7 Å². The van der Waals surface area contributed by atoms with Crippen LogP contribution in [0.15, 0.2) is 24.8 Å². The van der Waals surface area contributed by atoms with Crippen LogP contribution in [0, 0.1) is 0 Å². The van der Waals surface area contributed by atoms with Gasteiger partial charge < -0.3 is 14.6 Å². The zero-order chi connectivity index (χ0) is 17.8. The van der Waals surface area contributed by atoms with Crippen molar-refractivity contribution in [3.63, 3.8) is 0 Å². The van der Waals surface area contributed by atoms with Crippen LogP contribution in [0.4, 0.5) is 4.79 Å². The Bertz CT molecular complexity index is 494. The molecule has 6 nitrogen and oxygen atoms in total. The van der Waals surface area contributed by atoms with E-state index in [0.29, 0.717) is 25.0 Å². The number of carbonyl (C=O) groups is 2. The molecule has 130 valence electrons. The van der Waals surface area contributed by atoms with Gasteiger partial charge in [0.05, 0.1) is 13.2 Å². The maximum Gasteiger partial charge on any atom is 0.411 e. The topological polar surface area (TPSA) is 76.1 Å². The number of nitrogens with zero attached hydrogens (tertiary/aromatic N) is 1. The molecule has 1 fully saturated rings. The van der Waals surface area contributed by atoms with Gasteiger partial charge in [0.15, 0.2) is 5.54 Å². The van der Waals surface area contributed by atoms with Gasteiger partial charge in [-0.25, -0.2) is 9.59 Å². The highest BCUT2D eigenvalue weighted by atomic mass is 16.6. The minimum atomic E-state index is -1.40. The quantitative estimate of drug-likeness (QED) is 0.620. The number of aliphatic hydroxyl groups excluding tert-OH is 1. The lowest BCUT2D eigenvalue weighted by atomic mass is 9.85. The number of likely N-dealkylation sites (tertiary alicyclic amines) is 1. The molecule has 0 aromatic heterocycles. The van der Waals surface area contributed by atoms with Gasteiger partial charge >= 0.3 is 12.1 Å². The van der Waals surface area contributed by atoms with Crippen molar-refractivity contribution in [3.05, 3.63) is 24.8 Å². The van der Waals surface area contributed by atoms with Crippen molar-refractivity contribution in [2.75, 3.05) is 13.7 Å². The van der Waals surface area contributed by atoms with E-state index in [1.165, 1.54) is 12.0 Å². The second-order valence-corrected chi connectivity index (χ2v) is 6.72. The van der Waals surface area contributed by atoms with Crippen LogP contribution in [0.25, 0.3) is 0 Å². The van der Waals surface area contributed by atoms with Gasteiger partial charge in [0.25, 0.3) is 0 Å². The molecule has 0 spiro atoms. The smallest absolute Gasteiger partial charge is 0.411 e. The van der Waals surface area contributed by atoms with Crippen LogP contribution in [0.5, 0.6) is 0 Å². The average molecular weight is 325 g/mol. The van der Waals surface area contributed by atoms with E-state index in [1.54, 1.807) is 26.8 Å². The highest BCUT2D eigenvalue weighted by Gasteiger charge is 2.55. The SMILES string of the molecule is C=CC[C@H](O)C[C@@]1(C(=O)OC)C(=C)CCN1C(=O)OC(C)(C)C. The molecule has 0 saturated carbocycles. The molecule has 1 N–H and O–H groups in total. The molecule has 1 heterocycles. The molecule has 0 bridgehead atoms. The molecule has 1 rings (SSSR count). The molecule has 1 saturated heterocycles. The molecule has 0 unspecified atom stereocenters. The summed E-state index contributed by atoms with van der Waals surface area (Å²) in [6, 6.07) is 0. The number of methoxy groups -OCH3 is 1. The fraction of sp³-hybridized carbons (Fsp3) is 0.647. The van der Waals surface area contributed by atoms with Gasteiger partial charge in [-0.2, -0.15) is 0 Å². The average Bonchev–Trinajstić information content (AvgIpc) is 2.74. The molecule has 0 aliphatic carbocycles. The Morgan fingerprint density at radius 2 is 2.09 bits per heavy atom. The number of esters is 1. The Hall–Kier alpha value is -1.82. The lowest BCUT2D eigenvalue weighted by Gasteiger charge is -2.38. The fourth-order valence-electron chi connectivity index (χ4n) is 2.78. The first-order valence-corrected chi connectivity index (χ1v) is 7.64. The number of ether oxygens (including phenoxy) is 2. The van der Waals surface area contributed by atoms with Gasteiger partial charge in [0.2, 0.25) is 0 Å². The fourth-order valence-corrected chi connectivity index (χ4v) is 2.78. The summed E-state index contributed by atoms with van der Waals surface area (Å²) in [6.07, 6.45) is 0.858. The van der Waals surface area contributed by atoms with Gasteiger partial charge in [-0.15, -0.1) is 6.58 Å². The standard InChI is InChI=1S/C17H27NO5/c1-7-8-13(19)11-17(14(20)22-6)12(2)9-10-18(17)15(21)23-16(3,4)5/h7,13,19H,1-2,8-11H2,3-6H3/t13-,17-/m0/s1. The summed E-state index contributed by atoms with van der Waals surface area (Å²) in [4.78, 5) is 26.4. The van der Waals surface area contributed by atoms with E-state index in [-0.39, 0.29) is 6.42 Å². The highest BCUT2D eigenvalue weighted by molar-refractivity contribution is 5.90. The zero-order valence-electron chi connectivity index (χ0n) is 14.4. The van der Waals surface area contributed by atoms with Crippen LogP contribution in [-0.4, -0.2) is 53.0 Å². The molecule has 0 aromatic rings. The third-order valence-corrected chi connectivity index (χ3v) is 3.79. The van der Waals surface area contributed by atoms with Gasteiger partial charge in [-0.1, -0.05) is 12.7 Å². The molecule has 0 aromatic carbocycles. The van der Waals surface area contributed by atoms with Crippen LogP contribution in [-0.2, 0) is 14.3 Å². The number of rotatable bonds is 5. The number of aliphatic hydroxyl groups is 1. The second kappa shape index (κ2) is 7.17. The Kier molecular flexibility index (Phi) is 5.99. The molecule has 23 heavy (non-hydrogen) atoms. The largest absolute Gasteiger partial charge is 0.467 e. The lowest BCUT2D eigenvalue weighted by Crippen LogP contribution is -2.57. The van der Waals surface area contributed by atoms with E-state index in [2.05, 4.69) is 13.2 Å². The number of carbonyl (C=O) groups excluding carboxylic acids is 2. The van der Waals surface area contributed by atoms with Crippen LogP contribution in [0.1, 0.15) is 40.0 Å². The molecule has 0 radical (unpaired) electrons. The number of amides is 1. The molecular weight excluding hydrogens is 298 g/mol. The lowest BCUT2D eigenvalue weighted by molar-refractivity contribution is -0.152. The van der Waals surface area contributed by atoms with Crippen LogP contribution >= 0.6 is 0 Å². The summed E-state index contributed by atoms with van der Waals surface area (Å²) < 4.78 is 10.3. The van der Waals surface area contributed by atoms with E-state index < -0.39 is 29.3 Å². The summed E-state index contributed by atoms with van der Waals surface area (Å²) in [5.41, 5.74) is -1.56. The van der Waals surface area contributed by atoms with Crippen molar-refractivity contribution in [3.8, 4) is 0 Å². The predicted molar refractivity (Wildman–Crippen MR) is 86.9 cm³/mol. The van der Waals surface area contributed by atoms with Crippen molar-refractivity contribution in [2.24, 2.45) is 0 Å². The van der Waals surface area contributed by atoms with Crippen molar-refractivity contribution < 1.29 is 24.2 Å². The molecule has 1 aliphatic rings. The van der Waals surface area contributed by atoms with Crippen molar-refractivity contribution >= 4 is 12.1 Å². The second-order valence-electron chi connectivity index (χ2n) is 6.72. The van der Waals surface area contributed by atoms with Crippen LogP contribution in [0.3, 0.4) is 0 Å². The van der Waals surface area contributed by atoms with Crippen LogP contribution < -0.4 is 0 Å². The van der Waals surface area contributed by atoms with Gasteiger partial charge in [-0.05, 0) is 39.2 Å². The van der Waals surface area contributed by atoms with E-state index in [1.807, 2.05) is 0 Å². The first-order valence-electron chi connectivity index (χ1n) is 7.64. The number of hydrogen-bond acceptors (Lipinski definition) is 5. The van der Waals surface area contributed by atoms with Gasteiger partial charge in [-0.3, -0.25) is 4.90 Å². The molecule has 1 aliphatic heterocycles. The van der Waals surface area contributed by atoms with Gasteiger partial charge in [0, 0.05) is 13.0 Å². The summed E-state index contributed by atoms with van der Waals surface area (Å²) in [7, 11) is 1.25. The Morgan fingerprint density at radius 3 is 2.57 bits per heavy atom. The monoisotopic (exact) mass is 325 g/mol. The minimum absolute atomic E-state index is 0.00374. The third-order valence-electron chi connectivity index (χ3n) is 3.79. The molecule has 1 amide bonds. The Morgan fingerprint density at radius 1 is 1.48 bits per heavy atom. The van der Waals surface area contributed by atoms with Crippen LogP contribution in [0.2, 0.25) is 0 Å². The Balaban J connectivity index is 3.20. The van der Waals surface area contributed by atoms with E-state index >= 15 is 0 Å². The van der Waals surface area contributed by atoms with Gasteiger partial charge in [0.1, 0.15) is 5.60 Å². The Labute approximate surface area is 137 Å². The van der Waals surface area contributed by atoms with Crippen molar-refractivity contribution in [1.29, 1.82) is 0 Å². The molecule has 2 atom stereocenters. The zero-order valence-corrected chi connectivity index (χ0v) is 14.4. The van der Waals surface area contributed by atoms with Crippen molar-refractivity contribution in [2.45, 2.75) is 57.3 Å². The maximum atomic E-state index is 12.5. The summed E-state index contributed by atoms with van der Waals surface area (Å²) in [5, 5.41) is 10.2. The third kappa shape index (κ3) is 4.13. The van der Waals surface area contributed by atoms with Crippen molar-refractivity contribution in [1.82, 2.24) is 4.90 Å². The number of hydrogen-bond donors (Lipinski definition) is 1. The van der Waals surface area contributed by atoms with E-state index in [0.717, 1.165) is 0 Å². The molecular formula is C17H27NO5. The first-order chi connectivity index (χ1) is 10.6.